The highest BCUT2D eigenvalue weighted by atomic mass is 32.2. The second kappa shape index (κ2) is 5.85. The highest BCUT2D eigenvalue weighted by molar-refractivity contribution is 7.99. The second-order valence-corrected chi connectivity index (χ2v) is 5.29. The first-order valence-corrected chi connectivity index (χ1v) is 7.08. The number of rotatable bonds is 4. The van der Waals surface area contributed by atoms with Crippen molar-refractivity contribution in [1.29, 1.82) is 0 Å². The van der Waals surface area contributed by atoms with E-state index >= 15 is 0 Å². The van der Waals surface area contributed by atoms with Gasteiger partial charge in [-0.1, -0.05) is 36.4 Å². The van der Waals surface area contributed by atoms with Crippen LogP contribution in [0, 0.1) is 0 Å². The summed E-state index contributed by atoms with van der Waals surface area (Å²) in [5.74, 6) is -0.786. The van der Waals surface area contributed by atoms with Crippen molar-refractivity contribution in [3.8, 4) is 11.5 Å². The molecule has 21 heavy (non-hydrogen) atoms. The molecule has 104 valence electrons. The number of carbonyl (C=O) groups is 1. The zero-order valence-corrected chi connectivity index (χ0v) is 11.7. The Labute approximate surface area is 125 Å². The quantitative estimate of drug-likeness (QED) is 0.782. The maximum atomic E-state index is 11.3. The van der Waals surface area contributed by atoms with E-state index in [4.69, 9.17) is 4.42 Å². The number of oxazole rings is 1. The number of hydrogen-bond donors (Lipinski definition) is 1. The molecule has 0 radical (unpaired) electrons. The van der Waals surface area contributed by atoms with Crippen molar-refractivity contribution in [2.45, 2.75) is 9.99 Å². The topological polar surface area (TPSA) is 63.3 Å². The standard InChI is InChI=1S/C16H11NO3S/c18-15(19)13-16(21-12-9-5-2-6-10-12)20-14(17-13)11-7-3-1-4-8-11/h1-10H,(H,18,19). The molecule has 0 aliphatic carbocycles. The lowest BCUT2D eigenvalue weighted by atomic mass is 10.2. The van der Waals surface area contributed by atoms with Crippen molar-refractivity contribution >= 4 is 17.7 Å². The molecular weight excluding hydrogens is 286 g/mol. The molecule has 4 nitrogen and oxygen atoms in total. The van der Waals surface area contributed by atoms with Crippen LogP contribution in [0.3, 0.4) is 0 Å². The number of aromatic nitrogens is 1. The molecule has 3 aromatic rings. The number of aromatic carboxylic acids is 1. The largest absolute Gasteiger partial charge is 0.476 e. The van der Waals surface area contributed by atoms with Gasteiger partial charge in [-0.15, -0.1) is 0 Å². The van der Waals surface area contributed by atoms with E-state index in [2.05, 4.69) is 4.98 Å². The van der Waals surface area contributed by atoms with Crippen LogP contribution in [0.4, 0.5) is 0 Å². The van der Waals surface area contributed by atoms with Gasteiger partial charge in [-0.25, -0.2) is 9.78 Å². The van der Waals surface area contributed by atoms with Crippen molar-refractivity contribution < 1.29 is 14.3 Å². The van der Waals surface area contributed by atoms with Gasteiger partial charge in [0.2, 0.25) is 16.7 Å². The molecule has 5 heteroatoms. The average Bonchev–Trinajstić information content (AvgIpc) is 2.93. The summed E-state index contributed by atoms with van der Waals surface area (Å²) < 4.78 is 5.64. The van der Waals surface area contributed by atoms with E-state index in [1.165, 1.54) is 11.8 Å². The van der Waals surface area contributed by atoms with Gasteiger partial charge in [0.05, 0.1) is 0 Å². The Morgan fingerprint density at radius 1 is 1.00 bits per heavy atom. The maximum Gasteiger partial charge on any atom is 0.359 e. The van der Waals surface area contributed by atoms with Crippen molar-refractivity contribution in [1.82, 2.24) is 4.98 Å². The van der Waals surface area contributed by atoms with Gasteiger partial charge < -0.3 is 9.52 Å². The zero-order chi connectivity index (χ0) is 14.7. The zero-order valence-electron chi connectivity index (χ0n) is 10.9. The summed E-state index contributed by atoms with van der Waals surface area (Å²) in [6, 6.07) is 18.7. The van der Waals surface area contributed by atoms with Gasteiger partial charge in [0, 0.05) is 10.5 Å². The van der Waals surface area contributed by atoms with Gasteiger partial charge in [-0.3, -0.25) is 0 Å². The number of nitrogens with zero attached hydrogens (tertiary/aromatic N) is 1. The van der Waals surface area contributed by atoms with E-state index in [0.717, 1.165) is 10.5 Å². The van der Waals surface area contributed by atoms with E-state index in [1.807, 2.05) is 60.7 Å². The summed E-state index contributed by atoms with van der Waals surface area (Å²) in [5, 5.41) is 9.55. The summed E-state index contributed by atoms with van der Waals surface area (Å²) in [5.41, 5.74) is 0.683. The number of benzene rings is 2. The number of carboxylic acids is 1. The number of carboxylic acid groups (broad SMARTS) is 1. The molecule has 0 aliphatic heterocycles. The second-order valence-electron chi connectivity index (χ2n) is 4.24. The molecule has 0 atom stereocenters. The van der Waals surface area contributed by atoms with E-state index in [0.29, 0.717) is 5.89 Å². The Balaban J connectivity index is 2.00. The Kier molecular flexibility index (Phi) is 3.75. The summed E-state index contributed by atoms with van der Waals surface area (Å²) in [7, 11) is 0. The van der Waals surface area contributed by atoms with Gasteiger partial charge >= 0.3 is 5.97 Å². The Hall–Kier alpha value is -2.53. The molecular formula is C16H11NO3S. The lowest BCUT2D eigenvalue weighted by Gasteiger charge is -1.97. The molecule has 1 heterocycles. The lowest BCUT2D eigenvalue weighted by Crippen LogP contribution is -1.98. The van der Waals surface area contributed by atoms with Crippen molar-refractivity contribution in [3.05, 3.63) is 66.4 Å². The molecule has 0 spiro atoms. The monoisotopic (exact) mass is 297 g/mol. The highest BCUT2D eigenvalue weighted by Gasteiger charge is 2.21. The molecule has 0 bridgehead atoms. The van der Waals surface area contributed by atoms with Gasteiger partial charge in [-0.05, 0) is 36.0 Å². The van der Waals surface area contributed by atoms with E-state index in [9.17, 15) is 9.90 Å². The molecule has 0 fully saturated rings. The third kappa shape index (κ3) is 2.98. The molecule has 3 rings (SSSR count). The molecule has 0 saturated heterocycles. The molecule has 0 saturated carbocycles. The maximum absolute atomic E-state index is 11.3. The predicted octanol–water partition coefficient (Wildman–Crippen LogP) is 4.19. The Bertz CT molecular complexity index is 754. The number of hydrogen-bond acceptors (Lipinski definition) is 4. The first kappa shape index (κ1) is 13.5. The van der Waals surface area contributed by atoms with Gasteiger partial charge in [0.15, 0.2) is 0 Å². The van der Waals surface area contributed by atoms with E-state index < -0.39 is 5.97 Å². The SMILES string of the molecule is O=C(O)c1nc(-c2ccccc2)oc1Sc1ccccc1. The van der Waals surface area contributed by atoms with Crippen LogP contribution in [0.5, 0.6) is 0 Å². The Morgan fingerprint density at radius 2 is 1.62 bits per heavy atom. The lowest BCUT2D eigenvalue weighted by molar-refractivity contribution is 0.0685. The van der Waals surface area contributed by atoms with Gasteiger partial charge in [0.25, 0.3) is 0 Å². The summed E-state index contributed by atoms with van der Waals surface area (Å²) in [6.45, 7) is 0. The van der Waals surface area contributed by atoms with E-state index in [1.54, 1.807) is 0 Å². The summed E-state index contributed by atoms with van der Waals surface area (Å²) in [4.78, 5) is 16.3. The predicted molar refractivity (Wildman–Crippen MR) is 79.5 cm³/mol. The van der Waals surface area contributed by atoms with Crippen LogP contribution >= 0.6 is 11.8 Å². The summed E-state index contributed by atoms with van der Waals surface area (Å²) in [6.07, 6.45) is 0. The van der Waals surface area contributed by atoms with Crippen LogP contribution in [0.2, 0.25) is 0 Å². The molecule has 1 N–H and O–H groups in total. The molecule has 0 amide bonds. The van der Waals surface area contributed by atoms with Crippen LogP contribution in [0.1, 0.15) is 10.5 Å². The molecule has 2 aromatic carbocycles. The summed E-state index contributed by atoms with van der Waals surface area (Å²) >= 11 is 1.25. The smallest absolute Gasteiger partial charge is 0.359 e. The minimum atomic E-state index is -1.10. The average molecular weight is 297 g/mol. The normalized spacial score (nSPS) is 10.5. The fraction of sp³-hybridized carbons (Fsp3) is 0. The molecule has 0 unspecified atom stereocenters. The third-order valence-corrected chi connectivity index (χ3v) is 3.74. The third-order valence-electron chi connectivity index (χ3n) is 2.77. The molecule has 0 aliphatic rings. The van der Waals surface area contributed by atoms with E-state index in [-0.39, 0.29) is 10.8 Å². The van der Waals surface area contributed by atoms with Gasteiger partial charge in [-0.2, -0.15) is 0 Å². The fourth-order valence-electron chi connectivity index (χ4n) is 1.81. The van der Waals surface area contributed by atoms with Crippen molar-refractivity contribution in [2.75, 3.05) is 0 Å². The fourth-order valence-corrected chi connectivity index (χ4v) is 2.67. The van der Waals surface area contributed by atoms with Crippen molar-refractivity contribution in [2.24, 2.45) is 0 Å². The molecule has 1 aromatic heterocycles. The van der Waals surface area contributed by atoms with Crippen LogP contribution < -0.4 is 0 Å². The van der Waals surface area contributed by atoms with Crippen molar-refractivity contribution in [3.63, 3.8) is 0 Å². The van der Waals surface area contributed by atoms with Crippen LogP contribution in [-0.2, 0) is 0 Å². The van der Waals surface area contributed by atoms with Crippen LogP contribution in [0.15, 0.2) is 75.1 Å². The Morgan fingerprint density at radius 3 is 2.24 bits per heavy atom. The minimum Gasteiger partial charge on any atom is -0.476 e. The first-order chi connectivity index (χ1) is 10.2. The van der Waals surface area contributed by atoms with Crippen LogP contribution in [-0.4, -0.2) is 16.1 Å². The first-order valence-electron chi connectivity index (χ1n) is 6.26. The highest BCUT2D eigenvalue weighted by Crippen LogP contribution is 2.33. The van der Waals surface area contributed by atoms with Crippen LogP contribution in [0.25, 0.3) is 11.5 Å². The van der Waals surface area contributed by atoms with Gasteiger partial charge in [0.1, 0.15) is 0 Å². The minimum absolute atomic E-state index is 0.0669.